The van der Waals surface area contributed by atoms with E-state index in [1.54, 1.807) is 0 Å². The van der Waals surface area contributed by atoms with Crippen LogP contribution in [-0.2, 0) is 11.3 Å². The lowest BCUT2D eigenvalue weighted by atomic mass is 9.85. The van der Waals surface area contributed by atoms with E-state index in [9.17, 15) is 4.79 Å². The Labute approximate surface area is 164 Å². The predicted molar refractivity (Wildman–Crippen MR) is 110 cm³/mol. The average Bonchev–Trinajstić information content (AvgIpc) is 2.52. The minimum Gasteiger partial charge on any atom is -0.353 e. The third kappa shape index (κ3) is 7.95. The zero-order valence-corrected chi connectivity index (χ0v) is 17.2. The third-order valence-corrected chi connectivity index (χ3v) is 4.73. The Bertz CT molecular complexity index is 475. The van der Waals surface area contributed by atoms with Crippen LogP contribution < -0.4 is 10.6 Å². The summed E-state index contributed by atoms with van der Waals surface area (Å²) in [7, 11) is 1.92. The van der Waals surface area contributed by atoms with Crippen molar-refractivity contribution in [3.63, 3.8) is 0 Å². The second-order valence-corrected chi connectivity index (χ2v) is 6.93. The van der Waals surface area contributed by atoms with Gasteiger partial charge in [0.25, 0.3) is 0 Å². The van der Waals surface area contributed by atoms with Crippen LogP contribution in [-0.4, -0.2) is 43.5 Å². The lowest BCUT2D eigenvalue weighted by Crippen LogP contribution is -2.54. The van der Waals surface area contributed by atoms with E-state index in [0.717, 1.165) is 32.6 Å². The van der Waals surface area contributed by atoms with Crippen LogP contribution in [0.25, 0.3) is 0 Å². The molecule has 0 bridgehead atoms. The minimum absolute atomic E-state index is 0. The van der Waals surface area contributed by atoms with Gasteiger partial charge in [0, 0.05) is 32.1 Å². The Morgan fingerprint density at radius 3 is 2.28 bits per heavy atom. The fraction of sp³-hybridized carbons (Fsp3) is 0.632. The average molecular weight is 390 g/mol. The largest absolute Gasteiger partial charge is 0.353 e. The van der Waals surface area contributed by atoms with E-state index in [1.165, 1.54) is 5.56 Å². The second kappa shape index (κ2) is 12.5. The number of benzene rings is 1. The van der Waals surface area contributed by atoms with Gasteiger partial charge in [0.2, 0.25) is 5.91 Å². The Morgan fingerprint density at radius 2 is 1.72 bits per heavy atom. The third-order valence-electron chi connectivity index (χ3n) is 4.73. The molecule has 0 aliphatic carbocycles. The predicted octanol–water partition coefficient (Wildman–Crippen LogP) is 3.10. The summed E-state index contributed by atoms with van der Waals surface area (Å²) in [6.45, 7) is 8.49. The highest BCUT2D eigenvalue weighted by Gasteiger charge is 2.32. The summed E-state index contributed by atoms with van der Waals surface area (Å²) in [6.07, 6.45) is 1.52. The van der Waals surface area contributed by atoms with Crippen molar-refractivity contribution >= 4 is 30.7 Å². The van der Waals surface area contributed by atoms with Crippen molar-refractivity contribution in [1.82, 2.24) is 15.5 Å². The van der Waals surface area contributed by atoms with Gasteiger partial charge in [0.1, 0.15) is 0 Å². The molecule has 0 aromatic heterocycles. The number of nitrogens with zero attached hydrogens (tertiary/aromatic N) is 1. The lowest BCUT2D eigenvalue weighted by molar-refractivity contribution is -0.123. The van der Waals surface area contributed by atoms with E-state index < -0.39 is 0 Å². The summed E-state index contributed by atoms with van der Waals surface area (Å²) < 4.78 is 0. The summed E-state index contributed by atoms with van der Waals surface area (Å²) >= 11 is 0. The molecule has 0 radical (unpaired) electrons. The van der Waals surface area contributed by atoms with Gasteiger partial charge in [0.05, 0.1) is 0 Å². The van der Waals surface area contributed by atoms with E-state index >= 15 is 0 Å². The molecular formula is C19H33Cl2N3O. The van der Waals surface area contributed by atoms with Crippen LogP contribution in [0.3, 0.4) is 0 Å². The van der Waals surface area contributed by atoms with E-state index in [0.29, 0.717) is 24.3 Å². The summed E-state index contributed by atoms with van der Waals surface area (Å²) in [5.41, 5.74) is 1.36. The molecule has 2 N–H and O–H groups in total. The van der Waals surface area contributed by atoms with Gasteiger partial charge in [-0.25, -0.2) is 0 Å². The van der Waals surface area contributed by atoms with Gasteiger partial charge in [0.15, 0.2) is 0 Å². The van der Waals surface area contributed by atoms with E-state index in [2.05, 4.69) is 59.7 Å². The molecule has 25 heavy (non-hydrogen) atoms. The first-order valence-corrected chi connectivity index (χ1v) is 8.80. The monoisotopic (exact) mass is 389 g/mol. The van der Waals surface area contributed by atoms with Crippen molar-refractivity contribution in [1.29, 1.82) is 0 Å². The van der Waals surface area contributed by atoms with Crippen LogP contribution in [0.4, 0.5) is 0 Å². The number of piperidine rings is 1. The molecule has 2 unspecified atom stereocenters. The van der Waals surface area contributed by atoms with Crippen LogP contribution in [0.15, 0.2) is 30.3 Å². The number of hydrogen-bond donors (Lipinski definition) is 2. The second-order valence-electron chi connectivity index (χ2n) is 6.93. The van der Waals surface area contributed by atoms with Crippen LogP contribution in [0.5, 0.6) is 0 Å². The Kier molecular flexibility index (Phi) is 12.1. The summed E-state index contributed by atoms with van der Waals surface area (Å²) in [4.78, 5) is 14.6. The molecule has 2 atom stereocenters. The molecule has 1 amide bonds. The van der Waals surface area contributed by atoms with Crippen LogP contribution >= 0.6 is 24.8 Å². The maximum atomic E-state index is 12.1. The lowest BCUT2D eigenvalue weighted by Gasteiger charge is -2.41. The maximum Gasteiger partial charge on any atom is 0.220 e. The van der Waals surface area contributed by atoms with Gasteiger partial charge in [-0.3, -0.25) is 9.69 Å². The Balaban J connectivity index is 0.00000288. The molecule has 1 heterocycles. The topological polar surface area (TPSA) is 44.4 Å². The first-order valence-electron chi connectivity index (χ1n) is 8.80. The van der Waals surface area contributed by atoms with Crippen molar-refractivity contribution < 1.29 is 4.79 Å². The highest BCUT2D eigenvalue weighted by atomic mass is 35.5. The molecule has 6 heteroatoms. The molecule has 0 spiro atoms. The van der Waals surface area contributed by atoms with Crippen molar-refractivity contribution in [2.45, 2.75) is 39.3 Å². The van der Waals surface area contributed by atoms with E-state index in [1.807, 2.05) is 7.05 Å². The smallest absolute Gasteiger partial charge is 0.220 e. The van der Waals surface area contributed by atoms with Crippen molar-refractivity contribution in [3.8, 4) is 0 Å². The first-order chi connectivity index (χ1) is 11.1. The quantitative estimate of drug-likeness (QED) is 0.704. The zero-order valence-electron chi connectivity index (χ0n) is 15.5. The number of hydrogen-bond acceptors (Lipinski definition) is 3. The maximum absolute atomic E-state index is 12.1. The van der Waals surface area contributed by atoms with Crippen molar-refractivity contribution in [3.05, 3.63) is 35.9 Å². The number of halogens is 2. The summed E-state index contributed by atoms with van der Waals surface area (Å²) in [6, 6.07) is 10.9. The van der Waals surface area contributed by atoms with Gasteiger partial charge in [-0.1, -0.05) is 44.2 Å². The highest BCUT2D eigenvalue weighted by molar-refractivity contribution is 5.85. The Morgan fingerprint density at radius 1 is 1.12 bits per heavy atom. The molecule has 1 aliphatic heterocycles. The number of amides is 1. The van der Waals surface area contributed by atoms with Gasteiger partial charge in [-0.15, -0.1) is 24.8 Å². The van der Waals surface area contributed by atoms with Gasteiger partial charge in [-0.05, 0) is 37.4 Å². The summed E-state index contributed by atoms with van der Waals surface area (Å²) in [5, 5.41) is 6.35. The van der Waals surface area contributed by atoms with E-state index in [-0.39, 0.29) is 30.7 Å². The normalized spacial score (nSPS) is 23.2. The molecule has 4 nitrogen and oxygen atoms in total. The van der Waals surface area contributed by atoms with Crippen LogP contribution in [0, 0.1) is 11.8 Å². The number of nitrogens with one attached hydrogen (secondary N) is 2. The molecule has 1 aromatic rings. The van der Waals surface area contributed by atoms with Crippen molar-refractivity contribution in [2.75, 3.05) is 26.7 Å². The van der Waals surface area contributed by atoms with E-state index in [4.69, 9.17) is 0 Å². The minimum atomic E-state index is 0. The SMILES string of the molecule is CNCCCC(=O)NC1C(C)CN(Cc2ccccc2)CC1C.Cl.Cl. The first kappa shape index (κ1) is 24.2. The van der Waals surface area contributed by atoms with Gasteiger partial charge < -0.3 is 10.6 Å². The number of rotatable bonds is 7. The molecule has 1 fully saturated rings. The molecule has 2 rings (SSSR count). The summed E-state index contributed by atoms with van der Waals surface area (Å²) in [5.74, 6) is 1.16. The zero-order chi connectivity index (χ0) is 16.7. The van der Waals surface area contributed by atoms with Crippen molar-refractivity contribution in [2.24, 2.45) is 11.8 Å². The number of carbonyl (C=O) groups is 1. The number of carbonyl (C=O) groups excluding carboxylic acids is 1. The fourth-order valence-electron chi connectivity index (χ4n) is 3.62. The highest BCUT2D eigenvalue weighted by Crippen LogP contribution is 2.23. The molecule has 144 valence electrons. The van der Waals surface area contributed by atoms with Gasteiger partial charge >= 0.3 is 0 Å². The molecule has 1 aromatic carbocycles. The standard InChI is InChI=1S/C19H31N3O.2ClH/c1-15-12-22(14-17-8-5-4-6-9-17)13-16(2)19(15)21-18(23)10-7-11-20-3;;/h4-6,8-9,15-16,19-20H,7,10-14H2,1-3H3,(H,21,23);2*1H. The molecule has 1 saturated heterocycles. The van der Waals surface area contributed by atoms with Crippen LogP contribution in [0.1, 0.15) is 32.3 Å². The fourth-order valence-corrected chi connectivity index (χ4v) is 3.62. The van der Waals surface area contributed by atoms with Gasteiger partial charge in [-0.2, -0.15) is 0 Å². The van der Waals surface area contributed by atoms with Crippen LogP contribution in [0.2, 0.25) is 0 Å². The molecular weight excluding hydrogens is 357 g/mol. The number of likely N-dealkylation sites (tertiary alicyclic amines) is 1. The molecule has 0 saturated carbocycles. The molecule has 1 aliphatic rings. The Hall–Kier alpha value is -0.810.